The van der Waals surface area contributed by atoms with Gasteiger partial charge in [-0.25, -0.2) is 0 Å². The molecule has 0 bridgehead atoms. The highest BCUT2D eigenvalue weighted by atomic mass is 16.5. The Bertz CT molecular complexity index is 435. The lowest BCUT2D eigenvalue weighted by molar-refractivity contribution is 0.372. The first-order valence-electron chi connectivity index (χ1n) is 5.94. The van der Waals surface area contributed by atoms with E-state index in [0.717, 1.165) is 24.4 Å². The molecule has 0 aliphatic carbocycles. The molecule has 2 heterocycles. The summed E-state index contributed by atoms with van der Waals surface area (Å²) in [6, 6.07) is 4.35. The van der Waals surface area contributed by atoms with Crippen molar-refractivity contribution in [2.75, 3.05) is 0 Å². The molecule has 0 saturated heterocycles. The maximum atomic E-state index is 4.99. The van der Waals surface area contributed by atoms with Gasteiger partial charge >= 0.3 is 0 Å². The van der Waals surface area contributed by atoms with Crippen LogP contribution < -0.4 is 5.32 Å². The molecule has 0 fully saturated rings. The van der Waals surface area contributed by atoms with Crippen molar-refractivity contribution in [1.29, 1.82) is 0 Å². The SMILES string of the molecule is CCC(C)n1ccc(CNCc2ccno2)n1. The summed E-state index contributed by atoms with van der Waals surface area (Å²) in [5.74, 6) is 0.839. The first kappa shape index (κ1) is 11.9. The summed E-state index contributed by atoms with van der Waals surface area (Å²) < 4.78 is 7.00. The Balaban J connectivity index is 1.81. The third kappa shape index (κ3) is 3.17. The lowest BCUT2D eigenvalue weighted by atomic mass is 10.3. The fourth-order valence-electron chi connectivity index (χ4n) is 1.55. The van der Waals surface area contributed by atoms with E-state index in [1.807, 2.05) is 23.0 Å². The van der Waals surface area contributed by atoms with Crippen LogP contribution in [0.25, 0.3) is 0 Å². The number of nitrogens with one attached hydrogen (secondary N) is 1. The molecule has 0 aliphatic rings. The average Bonchev–Trinajstić information content (AvgIpc) is 2.99. The molecule has 0 aliphatic heterocycles. The van der Waals surface area contributed by atoms with E-state index in [9.17, 15) is 0 Å². The highest BCUT2D eigenvalue weighted by Gasteiger charge is 2.04. The third-order valence-corrected chi connectivity index (χ3v) is 2.80. The smallest absolute Gasteiger partial charge is 0.150 e. The minimum Gasteiger partial charge on any atom is -0.360 e. The van der Waals surface area contributed by atoms with Crippen LogP contribution in [0.1, 0.15) is 37.8 Å². The van der Waals surface area contributed by atoms with E-state index in [-0.39, 0.29) is 0 Å². The zero-order valence-corrected chi connectivity index (χ0v) is 10.3. The van der Waals surface area contributed by atoms with E-state index in [2.05, 4.69) is 29.4 Å². The zero-order chi connectivity index (χ0) is 12.1. The lowest BCUT2D eigenvalue weighted by Gasteiger charge is -2.08. The van der Waals surface area contributed by atoms with E-state index in [0.29, 0.717) is 12.6 Å². The minimum atomic E-state index is 0.457. The Labute approximate surface area is 101 Å². The fraction of sp³-hybridized carbons (Fsp3) is 0.500. The zero-order valence-electron chi connectivity index (χ0n) is 10.3. The van der Waals surface area contributed by atoms with Crippen LogP contribution in [0.5, 0.6) is 0 Å². The molecule has 0 spiro atoms. The maximum Gasteiger partial charge on any atom is 0.150 e. The molecule has 0 amide bonds. The summed E-state index contributed by atoms with van der Waals surface area (Å²) in [6.07, 6.45) is 4.76. The van der Waals surface area contributed by atoms with Crippen LogP contribution in [0.3, 0.4) is 0 Å². The van der Waals surface area contributed by atoms with Gasteiger partial charge in [-0.05, 0) is 19.4 Å². The summed E-state index contributed by atoms with van der Waals surface area (Å²) in [6.45, 7) is 5.74. The fourth-order valence-corrected chi connectivity index (χ4v) is 1.55. The number of hydrogen-bond donors (Lipinski definition) is 1. The highest BCUT2D eigenvalue weighted by molar-refractivity contribution is 5.00. The van der Waals surface area contributed by atoms with Crippen LogP contribution in [0.2, 0.25) is 0 Å². The number of nitrogens with zero attached hydrogens (tertiary/aromatic N) is 3. The van der Waals surface area contributed by atoms with Gasteiger partial charge in [0.05, 0.1) is 18.4 Å². The summed E-state index contributed by atoms with van der Waals surface area (Å²) in [5.41, 5.74) is 1.05. The van der Waals surface area contributed by atoms with Crippen LogP contribution in [0.4, 0.5) is 0 Å². The van der Waals surface area contributed by atoms with E-state index in [1.54, 1.807) is 6.20 Å². The van der Waals surface area contributed by atoms with Gasteiger partial charge in [0.1, 0.15) is 5.76 Å². The Morgan fingerprint density at radius 3 is 3.00 bits per heavy atom. The van der Waals surface area contributed by atoms with Crippen LogP contribution >= 0.6 is 0 Å². The predicted molar refractivity (Wildman–Crippen MR) is 64.3 cm³/mol. The molecule has 1 N–H and O–H groups in total. The average molecular weight is 234 g/mol. The molecule has 5 nitrogen and oxygen atoms in total. The quantitative estimate of drug-likeness (QED) is 0.832. The van der Waals surface area contributed by atoms with Crippen molar-refractivity contribution in [2.45, 2.75) is 39.4 Å². The lowest BCUT2D eigenvalue weighted by Crippen LogP contribution is -2.13. The second kappa shape index (κ2) is 5.63. The van der Waals surface area contributed by atoms with Crippen molar-refractivity contribution in [3.8, 4) is 0 Å². The Hall–Kier alpha value is -1.62. The van der Waals surface area contributed by atoms with Gasteiger partial charge in [-0.2, -0.15) is 5.10 Å². The van der Waals surface area contributed by atoms with Crippen LogP contribution in [0.15, 0.2) is 29.0 Å². The summed E-state index contributed by atoms with van der Waals surface area (Å²) in [5, 5.41) is 11.4. The van der Waals surface area contributed by atoms with E-state index in [1.165, 1.54) is 0 Å². The molecule has 92 valence electrons. The van der Waals surface area contributed by atoms with Crippen LogP contribution in [-0.2, 0) is 13.1 Å². The van der Waals surface area contributed by atoms with Gasteiger partial charge in [0, 0.05) is 24.8 Å². The molecule has 2 aromatic heterocycles. The van der Waals surface area contributed by atoms with Gasteiger partial charge in [0.25, 0.3) is 0 Å². The third-order valence-electron chi connectivity index (χ3n) is 2.80. The molecule has 0 radical (unpaired) electrons. The Morgan fingerprint density at radius 2 is 2.29 bits per heavy atom. The molecule has 2 rings (SSSR count). The standard InChI is InChI=1S/C12H18N4O/c1-3-10(2)16-7-5-11(15-16)8-13-9-12-4-6-14-17-12/h4-7,10,13H,3,8-9H2,1-2H3. The molecule has 0 saturated carbocycles. The van der Waals surface area contributed by atoms with Crippen molar-refractivity contribution in [1.82, 2.24) is 20.3 Å². The van der Waals surface area contributed by atoms with Gasteiger partial charge in [-0.15, -0.1) is 0 Å². The predicted octanol–water partition coefficient (Wildman–Crippen LogP) is 2.13. The van der Waals surface area contributed by atoms with Crippen LogP contribution in [-0.4, -0.2) is 14.9 Å². The Kier molecular flexibility index (Phi) is 3.93. The second-order valence-electron chi connectivity index (χ2n) is 4.13. The molecule has 1 atom stereocenters. The molecule has 2 aromatic rings. The van der Waals surface area contributed by atoms with E-state index >= 15 is 0 Å². The molecular weight excluding hydrogens is 216 g/mol. The van der Waals surface area contributed by atoms with Gasteiger partial charge in [0.15, 0.2) is 0 Å². The van der Waals surface area contributed by atoms with Crippen molar-refractivity contribution in [2.24, 2.45) is 0 Å². The summed E-state index contributed by atoms with van der Waals surface area (Å²) in [7, 11) is 0. The molecule has 1 unspecified atom stereocenters. The number of hydrogen-bond acceptors (Lipinski definition) is 4. The molecule has 5 heteroatoms. The minimum absolute atomic E-state index is 0.457. The summed E-state index contributed by atoms with van der Waals surface area (Å²) >= 11 is 0. The Morgan fingerprint density at radius 1 is 1.41 bits per heavy atom. The second-order valence-corrected chi connectivity index (χ2v) is 4.13. The molecule has 17 heavy (non-hydrogen) atoms. The van der Waals surface area contributed by atoms with Crippen LogP contribution in [0, 0.1) is 0 Å². The van der Waals surface area contributed by atoms with Crippen molar-refractivity contribution in [3.05, 3.63) is 36.0 Å². The highest BCUT2D eigenvalue weighted by Crippen LogP contribution is 2.09. The maximum absolute atomic E-state index is 4.99. The number of aromatic nitrogens is 3. The summed E-state index contributed by atoms with van der Waals surface area (Å²) in [4.78, 5) is 0. The first-order chi connectivity index (χ1) is 8.29. The van der Waals surface area contributed by atoms with Crippen molar-refractivity contribution < 1.29 is 4.52 Å². The number of rotatable bonds is 6. The molecule has 0 aromatic carbocycles. The van der Waals surface area contributed by atoms with E-state index in [4.69, 9.17) is 4.52 Å². The normalized spacial score (nSPS) is 12.8. The van der Waals surface area contributed by atoms with Gasteiger partial charge < -0.3 is 9.84 Å². The van der Waals surface area contributed by atoms with E-state index < -0.39 is 0 Å². The van der Waals surface area contributed by atoms with Crippen molar-refractivity contribution >= 4 is 0 Å². The van der Waals surface area contributed by atoms with Gasteiger partial charge in [-0.1, -0.05) is 12.1 Å². The van der Waals surface area contributed by atoms with Gasteiger partial charge in [0.2, 0.25) is 0 Å². The topological polar surface area (TPSA) is 55.9 Å². The molecular formula is C12H18N4O. The monoisotopic (exact) mass is 234 g/mol. The van der Waals surface area contributed by atoms with Gasteiger partial charge in [-0.3, -0.25) is 4.68 Å². The largest absolute Gasteiger partial charge is 0.360 e. The van der Waals surface area contributed by atoms with Crippen molar-refractivity contribution in [3.63, 3.8) is 0 Å². The first-order valence-corrected chi connectivity index (χ1v) is 5.94.